The highest BCUT2D eigenvalue weighted by Gasteiger charge is 2.31. The lowest BCUT2D eigenvalue weighted by Crippen LogP contribution is -2.36. The number of hydrogen-bond donors (Lipinski definition) is 1. The summed E-state index contributed by atoms with van der Waals surface area (Å²) in [5.74, 6) is 1.53. The van der Waals surface area contributed by atoms with Crippen LogP contribution in [0.1, 0.15) is 32.6 Å². The van der Waals surface area contributed by atoms with Gasteiger partial charge in [0.05, 0.1) is 12.2 Å². The molecule has 2 heteroatoms. The van der Waals surface area contributed by atoms with Crippen molar-refractivity contribution in [3.8, 4) is 0 Å². The van der Waals surface area contributed by atoms with Crippen molar-refractivity contribution < 1.29 is 9.84 Å². The molecule has 2 nitrogen and oxygen atoms in total. The van der Waals surface area contributed by atoms with Gasteiger partial charge in [-0.05, 0) is 37.5 Å². The fourth-order valence-corrected chi connectivity index (χ4v) is 2.07. The standard InChI is InChI=1S/C10H18O2/c1-7-2-10(3-7)12-6-8-4-9(11)5-8/h7-11H,2-6H2,1H3/t7-,8?,9?,10+. The Balaban J connectivity index is 1.52. The summed E-state index contributed by atoms with van der Waals surface area (Å²) in [6.45, 7) is 3.15. The van der Waals surface area contributed by atoms with Crippen molar-refractivity contribution in [1.82, 2.24) is 0 Å². The largest absolute Gasteiger partial charge is 0.393 e. The minimum absolute atomic E-state index is 0.0288. The molecule has 0 saturated heterocycles. The molecule has 2 rings (SSSR count). The average Bonchev–Trinajstić information content (AvgIpc) is 1.91. The van der Waals surface area contributed by atoms with Crippen LogP contribution in [0.5, 0.6) is 0 Å². The first-order valence-corrected chi connectivity index (χ1v) is 5.03. The third-order valence-corrected chi connectivity index (χ3v) is 3.11. The van der Waals surface area contributed by atoms with Crippen LogP contribution in [-0.4, -0.2) is 23.9 Å². The van der Waals surface area contributed by atoms with E-state index in [2.05, 4.69) is 6.92 Å². The van der Waals surface area contributed by atoms with Crippen LogP contribution in [0.25, 0.3) is 0 Å². The zero-order chi connectivity index (χ0) is 8.55. The molecule has 1 N–H and O–H groups in total. The molecule has 2 saturated carbocycles. The predicted octanol–water partition coefficient (Wildman–Crippen LogP) is 1.57. The van der Waals surface area contributed by atoms with E-state index in [0.29, 0.717) is 12.0 Å². The Morgan fingerprint density at radius 1 is 1.25 bits per heavy atom. The molecule has 0 aliphatic heterocycles. The van der Waals surface area contributed by atoms with Gasteiger partial charge in [0.25, 0.3) is 0 Å². The van der Waals surface area contributed by atoms with Crippen molar-refractivity contribution in [3.05, 3.63) is 0 Å². The lowest BCUT2D eigenvalue weighted by molar-refractivity contribution is -0.0735. The van der Waals surface area contributed by atoms with Crippen LogP contribution in [0.4, 0.5) is 0 Å². The molecule has 2 aliphatic rings. The maximum Gasteiger partial charge on any atom is 0.0580 e. The van der Waals surface area contributed by atoms with Crippen molar-refractivity contribution in [1.29, 1.82) is 0 Å². The van der Waals surface area contributed by atoms with Crippen molar-refractivity contribution in [3.63, 3.8) is 0 Å². The Morgan fingerprint density at radius 3 is 2.42 bits per heavy atom. The maximum absolute atomic E-state index is 9.04. The minimum atomic E-state index is -0.0288. The molecule has 0 bridgehead atoms. The molecule has 12 heavy (non-hydrogen) atoms. The van der Waals surface area contributed by atoms with E-state index in [-0.39, 0.29) is 6.10 Å². The van der Waals surface area contributed by atoms with Crippen molar-refractivity contribution >= 4 is 0 Å². The number of hydrogen-bond acceptors (Lipinski definition) is 2. The monoisotopic (exact) mass is 170 g/mol. The molecule has 2 fully saturated rings. The Morgan fingerprint density at radius 2 is 1.92 bits per heavy atom. The van der Waals surface area contributed by atoms with E-state index >= 15 is 0 Å². The lowest BCUT2D eigenvalue weighted by atomic mass is 9.82. The summed E-state index contributed by atoms with van der Waals surface area (Å²) in [6.07, 6.45) is 4.92. The van der Waals surface area contributed by atoms with E-state index in [1.807, 2.05) is 0 Å². The normalized spacial score (nSPS) is 46.5. The van der Waals surface area contributed by atoms with E-state index in [1.54, 1.807) is 0 Å². The summed E-state index contributed by atoms with van der Waals surface area (Å²) in [7, 11) is 0. The van der Waals surface area contributed by atoms with E-state index in [0.717, 1.165) is 25.4 Å². The van der Waals surface area contributed by atoms with E-state index in [4.69, 9.17) is 9.84 Å². The first kappa shape index (κ1) is 8.52. The molecule has 0 aromatic carbocycles. The van der Waals surface area contributed by atoms with Crippen LogP contribution in [0.2, 0.25) is 0 Å². The quantitative estimate of drug-likeness (QED) is 0.696. The second-order valence-electron chi connectivity index (χ2n) is 4.52. The fraction of sp³-hybridized carbons (Fsp3) is 1.00. The molecule has 2 aliphatic carbocycles. The molecular weight excluding hydrogens is 152 g/mol. The van der Waals surface area contributed by atoms with Crippen LogP contribution in [0, 0.1) is 11.8 Å². The molecule has 0 heterocycles. The molecule has 0 amide bonds. The van der Waals surface area contributed by atoms with Gasteiger partial charge in [-0.25, -0.2) is 0 Å². The smallest absolute Gasteiger partial charge is 0.0580 e. The number of rotatable bonds is 3. The number of aliphatic hydroxyl groups is 1. The van der Waals surface area contributed by atoms with Gasteiger partial charge in [0.15, 0.2) is 0 Å². The summed E-state index contributed by atoms with van der Waals surface area (Å²) in [5.41, 5.74) is 0. The van der Waals surface area contributed by atoms with E-state index < -0.39 is 0 Å². The SMILES string of the molecule is C[C@H]1C[C@@H](OCC2CC(O)C2)C1. The highest BCUT2D eigenvalue weighted by Crippen LogP contribution is 2.32. The summed E-state index contributed by atoms with van der Waals surface area (Å²) in [6, 6.07) is 0. The fourth-order valence-electron chi connectivity index (χ4n) is 2.07. The zero-order valence-electron chi connectivity index (χ0n) is 7.70. The van der Waals surface area contributed by atoms with Gasteiger partial charge >= 0.3 is 0 Å². The topological polar surface area (TPSA) is 29.5 Å². The van der Waals surface area contributed by atoms with Crippen molar-refractivity contribution in [2.24, 2.45) is 11.8 Å². The molecular formula is C10H18O2. The van der Waals surface area contributed by atoms with Gasteiger partial charge in [-0.15, -0.1) is 0 Å². The van der Waals surface area contributed by atoms with Gasteiger partial charge in [-0.3, -0.25) is 0 Å². The first-order valence-electron chi connectivity index (χ1n) is 5.03. The molecule has 70 valence electrons. The van der Waals surface area contributed by atoms with Crippen LogP contribution in [-0.2, 0) is 4.74 Å². The van der Waals surface area contributed by atoms with Gasteiger partial charge < -0.3 is 9.84 Å². The van der Waals surface area contributed by atoms with Crippen LogP contribution < -0.4 is 0 Å². The van der Waals surface area contributed by atoms with Crippen LogP contribution in [0.3, 0.4) is 0 Å². The highest BCUT2D eigenvalue weighted by atomic mass is 16.5. The van der Waals surface area contributed by atoms with Crippen LogP contribution >= 0.6 is 0 Å². The summed E-state index contributed by atoms with van der Waals surface area (Å²) in [4.78, 5) is 0. The van der Waals surface area contributed by atoms with E-state index in [1.165, 1.54) is 12.8 Å². The Labute approximate surface area is 73.9 Å². The second kappa shape index (κ2) is 3.35. The molecule has 0 spiro atoms. The summed E-state index contributed by atoms with van der Waals surface area (Å²) >= 11 is 0. The predicted molar refractivity (Wildman–Crippen MR) is 46.9 cm³/mol. The van der Waals surface area contributed by atoms with Crippen molar-refractivity contribution in [2.75, 3.05) is 6.61 Å². The molecule has 0 aromatic rings. The average molecular weight is 170 g/mol. The van der Waals surface area contributed by atoms with Gasteiger partial charge in [0.1, 0.15) is 0 Å². The number of aliphatic hydroxyl groups excluding tert-OH is 1. The second-order valence-corrected chi connectivity index (χ2v) is 4.52. The first-order chi connectivity index (χ1) is 5.74. The summed E-state index contributed by atoms with van der Waals surface area (Å²) < 4.78 is 5.69. The molecule has 0 atom stereocenters. The third kappa shape index (κ3) is 1.80. The Bertz CT molecular complexity index is 128. The van der Waals surface area contributed by atoms with Crippen LogP contribution in [0.15, 0.2) is 0 Å². The van der Waals surface area contributed by atoms with Gasteiger partial charge in [0.2, 0.25) is 0 Å². The Hall–Kier alpha value is -0.0800. The third-order valence-electron chi connectivity index (χ3n) is 3.11. The maximum atomic E-state index is 9.04. The van der Waals surface area contributed by atoms with Crippen molar-refractivity contribution in [2.45, 2.75) is 44.8 Å². The van der Waals surface area contributed by atoms with Gasteiger partial charge in [-0.2, -0.15) is 0 Å². The number of ether oxygens (including phenoxy) is 1. The highest BCUT2D eigenvalue weighted by molar-refractivity contribution is 4.81. The zero-order valence-corrected chi connectivity index (χ0v) is 7.70. The Kier molecular flexibility index (Phi) is 2.37. The minimum Gasteiger partial charge on any atom is -0.393 e. The van der Waals surface area contributed by atoms with Gasteiger partial charge in [-0.1, -0.05) is 6.92 Å². The summed E-state index contributed by atoms with van der Waals surface area (Å²) in [5, 5.41) is 9.04. The lowest BCUT2D eigenvalue weighted by Gasteiger charge is -2.37. The molecule has 0 unspecified atom stereocenters. The van der Waals surface area contributed by atoms with E-state index in [9.17, 15) is 0 Å². The van der Waals surface area contributed by atoms with Gasteiger partial charge in [0, 0.05) is 6.61 Å². The molecule has 0 aromatic heterocycles. The molecule has 0 radical (unpaired) electrons.